The van der Waals surface area contributed by atoms with Gasteiger partial charge in [0.1, 0.15) is 22.8 Å². The number of pyridine rings is 1. The fourth-order valence-electron chi connectivity index (χ4n) is 3.50. The minimum atomic E-state index is -2.68. The summed E-state index contributed by atoms with van der Waals surface area (Å²) in [5.74, 6) is -1.99. The van der Waals surface area contributed by atoms with Crippen molar-refractivity contribution in [3.8, 4) is 17.2 Å². The maximum absolute atomic E-state index is 13.1. The number of hydrogen-bond acceptors (Lipinski definition) is 6. The Morgan fingerprint density at radius 2 is 1.94 bits per heavy atom. The van der Waals surface area contributed by atoms with E-state index in [2.05, 4.69) is 4.98 Å². The number of benzene rings is 2. The molecular formula is C23H19ClF2N2O4S. The molecule has 0 spiro atoms. The molecule has 0 N–H and O–H groups in total. The molecule has 6 nitrogen and oxygen atoms in total. The van der Waals surface area contributed by atoms with Crippen LogP contribution in [0.4, 0.5) is 8.78 Å². The highest BCUT2D eigenvalue weighted by atomic mass is 35.5. The van der Waals surface area contributed by atoms with E-state index in [9.17, 15) is 13.6 Å². The Morgan fingerprint density at radius 3 is 2.58 bits per heavy atom. The zero-order valence-electron chi connectivity index (χ0n) is 17.7. The van der Waals surface area contributed by atoms with Gasteiger partial charge in [0.2, 0.25) is 0 Å². The first-order valence-electron chi connectivity index (χ1n) is 9.88. The molecule has 0 amide bonds. The van der Waals surface area contributed by atoms with Crippen LogP contribution >= 0.6 is 23.8 Å². The highest BCUT2D eigenvalue weighted by Gasteiger charge is 2.44. The number of thiocarbonyl (C=S) groups is 1. The number of carbonyl (C=O) groups excluding carboxylic acids is 1. The third-order valence-corrected chi connectivity index (χ3v) is 5.97. The first-order chi connectivity index (χ1) is 15.7. The molecule has 1 aromatic heterocycles. The van der Waals surface area contributed by atoms with Crippen LogP contribution in [0.3, 0.4) is 0 Å². The number of aromatic nitrogens is 1. The van der Waals surface area contributed by atoms with Crippen LogP contribution in [0.15, 0.2) is 42.6 Å². The van der Waals surface area contributed by atoms with Crippen molar-refractivity contribution in [1.82, 2.24) is 9.88 Å². The van der Waals surface area contributed by atoms with Gasteiger partial charge in [0.05, 0.1) is 37.8 Å². The van der Waals surface area contributed by atoms with Crippen molar-refractivity contribution in [2.45, 2.75) is 12.3 Å². The number of hydrogen-bond donors (Lipinski definition) is 0. The van der Waals surface area contributed by atoms with E-state index in [1.807, 2.05) is 0 Å². The Hall–Kier alpha value is -3.04. The van der Waals surface area contributed by atoms with Crippen LogP contribution in [0.2, 0.25) is 5.02 Å². The molecule has 2 heterocycles. The zero-order chi connectivity index (χ0) is 23.8. The number of fused-ring (bicyclic) bond motifs is 1. The maximum atomic E-state index is 13.1. The van der Waals surface area contributed by atoms with Gasteiger partial charge in [-0.15, -0.1) is 0 Å². The molecule has 1 fully saturated rings. The summed E-state index contributed by atoms with van der Waals surface area (Å²) in [6.07, 6.45) is 1.86. The van der Waals surface area contributed by atoms with Crippen molar-refractivity contribution in [3.05, 3.63) is 58.7 Å². The van der Waals surface area contributed by atoms with Crippen LogP contribution in [-0.2, 0) is 11.2 Å². The smallest absolute Gasteiger partial charge is 0.341 e. The summed E-state index contributed by atoms with van der Waals surface area (Å²) in [5.41, 5.74) is 1.52. The maximum Gasteiger partial charge on any atom is 0.341 e. The highest BCUT2D eigenvalue weighted by molar-refractivity contribution is 7.80. The Balaban J connectivity index is 1.57. The largest absolute Gasteiger partial charge is 0.496 e. The van der Waals surface area contributed by atoms with Gasteiger partial charge >= 0.3 is 5.97 Å². The van der Waals surface area contributed by atoms with Crippen LogP contribution in [0.1, 0.15) is 15.9 Å². The molecule has 10 heteroatoms. The number of rotatable bonds is 6. The second-order valence-electron chi connectivity index (χ2n) is 7.51. The lowest BCUT2D eigenvalue weighted by Gasteiger charge is -2.40. The number of halogens is 3. The van der Waals surface area contributed by atoms with Gasteiger partial charge in [-0.25, -0.2) is 13.6 Å². The average Bonchev–Trinajstić information content (AvgIpc) is 2.77. The lowest BCUT2D eigenvalue weighted by atomic mass is 10.1. The Morgan fingerprint density at radius 1 is 1.18 bits per heavy atom. The number of alkyl halides is 2. The van der Waals surface area contributed by atoms with E-state index in [0.717, 1.165) is 0 Å². The number of esters is 1. The summed E-state index contributed by atoms with van der Waals surface area (Å²) in [4.78, 5) is 18.3. The van der Waals surface area contributed by atoms with E-state index >= 15 is 0 Å². The number of nitrogens with zero attached hydrogens (tertiary/aromatic N) is 2. The molecule has 0 aliphatic carbocycles. The lowest BCUT2D eigenvalue weighted by molar-refractivity contribution is -0.100. The van der Waals surface area contributed by atoms with Crippen molar-refractivity contribution >= 4 is 45.7 Å². The Labute approximate surface area is 199 Å². The van der Waals surface area contributed by atoms with E-state index in [1.165, 1.54) is 19.1 Å². The molecule has 33 heavy (non-hydrogen) atoms. The third kappa shape index (κ3) is 4.84. The van der Waals surface area contributed by atoms with Crippen LogP contribution in [-0.4, -0.2) is 54.1 Å². The molecule has 0 atom stereocenters. The minimum Gasteiger partial charge on any atom is -0.496 e. The fraction of sp³-hybridized carbons (Fsp3) is 0.261. The summed E-state index contributed by atoms with van der Waals surface area (Å²) in [6.45, 7) is -0.726. The van der Waals surface area contributed by atoms with Gasteiger partial charge < -0.3 is 19.1 Å². The first kappa shape index (κ1) is 23.1. The van der Waals surface area contributed by atoms with Gasteiger partial charge in [0.15, 0.2) is 0 Å². The van der Waals surface area contributed by atoms with Crippen LogP contribution in [0.5, 0.6) is 17.2 Å². The summed E-state index contributed by atoms with van der Waals surface area (Å²) < 4.78 is 42.3. The van der Waals surface area contributed by atoms with Gasteiger partial charge in [-0.05, 0) is 29.8 Å². The van der Waals surface area contributed by atoms with Gasteiger partial charge in [-0.1, -0.05) is 29.9 Å². The third-order valence-electron chi connectivity index (χ3n) is 5.22. The highest BCUT2D eigenvalue weighted by Crippen LogP contribution is 2.35. The van der Waals surface area contributed by atoms with Gasteiger partial charge in [0, 0.05) is 29.1 Å². The van der Waals surface area contributed by atoms with E-state index in [1.54, 1.807) is 42.6 Å². The zero-order valence-corrected chi connectivity index (χ0v) is 19.3. The molecule has 1 saturated heterocycles. The quantitative estimate of drug-likeness (QED) is 0.342. The lowest BCUT2D eigenvalue weighted by Crippen LogP contribution is -2.58. The van der Waals surface area contributed by atoms with Crippen molar-refractivity contribution in [2.75, 3.05) is 27.3 Å². The normalized spacial score (nSPS) is 14.5. The molecule has 172 valence electrons. The monoisotopic (exact) mass is 492 g/mol. The molecule has 1 aliphatic rings. The van der Waals surface area contributed by atoms with Crippen molar-refractivity contribution in [3.63, 3.8) is 0 Å². The van der Waals surface area contributed by atoms with Crippen LogP contribution in [0, 0.1) is 0 Å². The van der Waals surface area contributed by atoms with E-state index in [-0.39, 0.29) is 25.1 Å². The Kier molecular flexibility index (Phi) is 6.36. The van der Waals surface area contributed by atoms with Gasteiger partial charge in [0.25, 0.3) is 5.92 Å². The van der Waals surface area contributed by atoms with Crippen LogP contribution < -0.4 is 9.47 Å². The van der Waals surface area contributed by atoms with Crippen molar-refractivity contribution in [2.24, 2.45) is 0 Å². The van der Waals surface area contributed by atoms with Crippen LogP contribution in [0.25, 0.3) is 10.9 Å². The molecule has 4 rings (SSSR count). The standard InChI is InChI=1S/C23H19ClF2N2O4S/c1-30-20-10-18-15(9-16(20)22(29)31-2)19(5-6-27-18)32-14-4-3-13(17(24)8-14)7-21(33)28-11-23(25,26)12-28/h3-6,8-10H,7,11-12H2,1-2H3. The molecule has 3 aromatic rings. The fourth-order valence-corrected chi connectivity index (χ4v) is 4.02. The molecule has 2 aromatic carbocycles. The van der Waals surface area contributed by atoms with Gasteiger partial charge in [-0.3, -0.25) is 4.98 Å². The predicted octanol–water partition coefficient (Wildman–Crippen LogP) is 5.30. The SMILES string of the molecule is COC(=O)c1cc2c(Oc3ccc(CC(=S)N4CC(F)(F)C4)c(Cl)c3)ccnc2cc1OC. The summed E-state index contributed by atoms with van der Waals surface area (Å²) in [7, 11) is 2.74. The summed E-state index contributed by atoms with van der Waals surface area (Å²) in [6, 6.07) is 9.97. The second-order valence-corrected chi connectivity index (χ2v) is 8.39. The number of ether oxygens (including phenoxy) is 3. The molecule has 0 unspecified atom stereocenters. The molecule has 0 radical (unpaired) electrons. The predicted molar refractivity (Wildman–Crippen MR) is 124 cm³/mol. The summed E-state index contributed by atoms with van der Waals surface area (Å²) >= 11 is 11.7. The molecule has 0 saturated carbocycles. The number of carbonyl (C=O) groups is 1. The van der Waals surface area contributed by atoms with Gasteiger partial charge in [-0.2, -0.15) is 0 Å². The molecule has 0 bridgehead atoms. The Bertz CT molecular complexity index is 1250. The minimum absolute atomic E-state index is 0.240. The molecular weight excluding hydrogens is 474 g/mol. The second kappa shape index (κ2) is 9.07. The van der Waals surface area contributed by atoms with E-state index < -0.39 is 11.9 Å². The van der Waals surface area contributed by atoms with Crippen molar-refractivity contribution in [1.29, 1.82) is 0 Å². The number of likely N-dealkylation sites (tertiary alicyclic amines) is 1. The van der Waals surface area contributed by atoms with E-state index in [4.69, 9.17) is 38.0 Å². The number of methoxy groups -OCH3 is 2. The summed E-state index contributed by atoms with van der Waals surface area (Å²) in [5, 5.41) is 0.983. The average molecular weight is 493 g/mol. The van der Waals surface area contributed by atoms with Crippen molar-refractivity contribution < 1.29 is 27.8 Å². The molecule has 1 aliphatic heterocycles. The first-order valence-corrected chi connectivity index (χ1v) is 10.7. The van der Waals surface area contributed by atoms with E-state index in [0.29, 0.717) is 43.7 Å². The topological polar surface area (TPSA) is 60.9 Å².